The van der Waals surface area contributed by atoms with Crippen LogP contribution < -0.4 is 5.73 Å². The van der Waals surface area contributed by atoms with Gasteiger partial charge >= 0.3 is 0 Å². The van der Waals surface area contributed by atoms with Crippen LogP contribution in [0, 0.1) is 6.92 Å². The normalized spacial score (nSPS) is 11.1. The summed E-state index contributed by atoms with van der Waals surface area (Å²) in [5.74, 6) is 2.57. The van der Waals surface area contributed by atoms with Gasteiger partial charge in [0.2, 0.25) is 0 Å². The minimum absolute atomic E-state index is 0.296. The minimum Gasteiger partial charge on any atom is -0.384 e. The molecule has 0 amide bonds. The van der Waals surface area contributed by atoms with E-state index in [1.54, 1.807) is 18.9 Å². The number of hydrogen-bond donors (Lipinski definition) is 1. The van der Waals surface area contributed by atoms with Gasteiger partial charge in [0, 0.05) is 24.3 Å². The van der Waals surface area contributed by atoms with E-state index in [9.17, 15) is 0 Å². The molecule has 2 N–H and O–H groups in total. The molecule has 4 nitrogen and oxygen atoms in total. The number of methoxy groups -OCH3 is 1. The Labute approximate surface area is 101 Å². The molecule has 0 radical (unpaired) electrons. The Bertz CT molecular complexity index is 355. The van der Waals surface area contributed by atoms with Crippen LogP contribution in [0.3, 0.4) is 0 Å². The maximum Gasteiger partial charge on any atom is 0.134 e. The molecule has 1 aromatic rings. The maximum absolute atomic E-state index is 5.87. The van der Waals surface area contributed by atoms with Gasteiger partial charge in [0.1, 0.15) is 16.7 Å². The van der Waals surface area contributed by atoms with E-state index >= 15 is 0 Å². The Morgan fingerprint density at radius 1 is 1.38 bits per heavy atom. The van der Waals surface area contributed by atoms with Crippen molar-refractivity contribution >= 4 is 17.6 Å². The molecule has 0 saturated carbocycles. The summed E-state index contributed by atoms with van der Waals surface area (Å²) in [6.07, 6.45) is 0. The predicted octanol–water partition coefficient (Wildman–Crippen LogP) is 2.23. The first-order valence-electron chi connectivity index (χ1n) is 5.32. The number of anilines is 1. The highest BCUT2D eigenvalue weighted by Gasteiger charge is 2.11. The van der Waals surface area contributed by atoms with Crippen molar-refractivity contribution in [2.75, 3.05) is 25.2 Å². The highest BCUT2D eigenvalue weighted by molar-refractivity contribution is 7.99. The van der Waals surface area contributed by atoms with Gasteiger partial charge in [-0.15, -0.1) is 11.8 Å². The molecule has 0 unspecified atom stereocenters. The Morgan fingerprint density at radius 3 is 2.62 bits per heavy atom. The van der Waals surface area contributed by atoms with Gasteiger partial charge in [-0.3, -0.25) is 0 Å². The third-order valence-electron chi connectivity index (χ3n) is 2.20. The van der Waals surface area contributed by atoms with E-state index in [4.69, 9.17) is 10.5 Å². The fourth-order valence-corrected chi connectivity index (χ4v) is 2.07. The van der Waals surface area contributed by atoms with Crippen molar-refractivity contribution < 1.29 is 4.74 Å². The van der Waals surface area contributed by atoms with E-state index < -0.39 is 0 Å². The van der Waals surface area contributed by atoms with E-state index in [0.29, 0.717) is 18.3 Å². The van der Waals surface area contributed by atoms with Crippen LogP contribution in [-0.2, 0) is 4.74 Å². The maximum atomic E-state index is 5.87. The molecule has 0 spiro atoms. The molecule has 5 heteroatoms. The van der Waals surface area contributed by atoms with Gasteiger partial charge in [0.25, 0.3) is 0 Å². The lowest BCUT2D eigenvalue weighted by Crippen LogP contribution is -2.06. The second-order valence-electron chi connectivity index (χ2n) is 3.89. The van der Waals surface area contributed by atoms with Crippen LogP contribution in [0.5, 0.6) is 0 Å². The Morgan fingerprint density at radius 2 is 2.06 bits per heavy atom. The monoisotopic (exact) mass is 241 g/mol. The lowest BCUT2D eigenvalue weighted by atomic mass is 10.2. The molecule has 0 atom stereocenters. The van der Waals surface area contributed by atoms with Crippen molar-refractivity contribution in [1.82, 2.24) is 9.97 Å². The lowest BCUT2D eigenvalue weighted by molar-refractivity contribution is 0.218. The molecule has 1 heterocycles. The zero-order valence-corrected chi connectivity index (χ0v) is 11.1. The van der Waals surface area contributed by atoms with Gasteiger partial charge in [-0.1, -0.05) is 13.8 Å². The van der Waals surface area contributed by atoms with E-state index in [1.165, 1.54) is 0 Å². The topological polar surface area (TPSA) is 61.0 Å². The lowest BCUT2D eigenvalue weighted by Gasteiger charge is -2.11. The van der Waals surface area contributed by atoms with E-state index in [1.807, 2.05) is 6.92 Å². The SMILES string of the molecule is COCCSc1nc(C(C)C)nc(N)c1C. The highest BCUT2D eigenvalue weighted by atomic mass is 32.2. The number of ether oxygens (including phenoxy) is 1. The Hall–Kier alpha value is -0.810. The summed E-state index contributed by atoms with van der Waals surface area (Å²) in [6.45, 7) is 6.79. The molecule has 0 aliphatic rings. The van der Waals surface area contributed by atoms with Crippen LogP contribution >= 0.6 is 11.8 Å². The summed E-state index contributed by atoms with van der Waals surface area (Å²) in [6, 6.07) is 0. The van der Waals surface area contributed by atoms with Crippen molar-refractivity contribution in [2.24, 2.45) is 0 Å². The molecule has 90 valence electrons. The fourth-order valence-electron chi connectivity index (χ4n) is 1.15. The number of hydrogen-bond acceptors (Lipinski definition) is 5. The number of nitrogen functional groups attached to an aromatic ring is 1. The van der Waals surface area contributed by atoms with Crippen molar-refractivity contribution in [3.05, 3.63) is 11.4 Å². The molecule has 16 heavy (non-hydrogen) atoms. The number of rotatable bonds is 5. The Balaban J connectivity index is 2.88. The summed E-state index contributed by atoms with van der Waals surface area (Å²) in [5.41, 5.74) is 6.83. The van der Waals surface area contributed by atoms with Crippen molar-refractivity contribution in [2.45, 2.75) is 31.7 Å². The fraction of sp³-hybridized carbons (Fsp3) is 0.636. The molecule has 0 aliphatic carbocycles. The Kier molecular flexibility index (Phi) is 5.02. The molecule has 0 aliphatic heterocycles. The van der Waals surface area contributed by atoms with Gasteiger partial charge in [-0.2, -0.15) is 0 Å². The van der Waals surface area contributed by atoms with E-state index in [2.05, 4.69) is 23.8 Å². The van der Waals surface area contributed by atoms with Crippen LogP contribution in [0.25, 0.3) is 0 Å². The third kappa shape index (κ3) is 3.35. The zero-order chi connectivity index (χ0) is 12.1. The number of thioether (sulfide) groups is 1. The van der Waals surface area contributed by atoms with Crippen LogP contribution in [0.4, 0.5) is 5.82 Å². The first-order chi connectivity index (χ1) is 7.56. The molecule has 0 bridgehead atoms. The van der Waals surface area contributed by atoms with Gasteiger partial charge in [-0.05, 0) is 6.92 Å². The standard InChI is InChI=1S/C11H19N3OS/c1-7(2)10-13-9(12)8(3)11(14-10)16-6-5-15-4/h7H,5-6H2,1-4H3,(H2,12,13,14). The summed E-state index contributed by atoms with van der Waals surface area (Å²) >= 11 is 1.66. The third-order valence-corrected chi connectivity index (χ3v) is 3.24. The zero-order valence-electron chi connectivity index (χ0n) is 10.3. The second-order valence-corrected chi connectivity index (χ2v) is 4.98. The smallest absolute Gasteiger partial charge is 0.134 e. The number of nitrogens with zero attached hydrogens (tertiary/aromatic N) is 2. The van der Waals surface area contributed by atoms with Crippen LogP contribution in [0.15, 0.2) is 5.03 Å². The van der Waals surface area contributed by atoms with Crippen LogP contribution in [-0.4, -0.2) is 29.4 Å². The molecule has 0 saturated heterocycles. The van der Waals surface area contributed by atoms with Gasteiger partial charge in [0.05, 0.1) is 6.61 Å². The number of nitrogens with two attached hydrogens (primary N) is 1. The van der Waals surface area contributed by atoms with Crippen LogP contribution in [0.2, 0.25) is 0 Å². The molecule has 1 aromatic heterocycles. The summed E-state index contributed by atoms with van der Waals surface area (Å²) in [7, 11) is 1.70. The van der Waals surface area contributed by atoms with Crippen molar-refractivity contribution in [3.8, 4) is 0 Å². The van der Waals surface area contributed by atoms with Gasteiger partial charge < -0.3 is 10.5 Å². The van der Waals surface area contributed by atoms with Crippen molar-refractivity contribution in [3.63, 3.8) is 0 Å². The van der Waals surface area contributed by atoms with Gasteiger partial charge in [0.15, 0.2) is 0 Å². The minimum atomic E-state index is 0.296. The van der Waals surface area contributed by atoms with Gasteiger partial charge in [-0.25, -0.2) is 9.97 Å². The summed E-state index contributed by atoms with van der Waals surface area (Å²) in [4.78, 5) is 8.80. The largest absolute Gasteiger partial charge is 0.384 e. The molecule has 0 aromatic carbocycles. The molecular formula is C11H19N3OS. The highest BCUT2D eigenvalue weighted by Crippen LogP contribution is 2.25. The average Bonchev–Trinajstić information content (AvgIpc) is 2.24. The van der Waals surface area contributed by atoms with Crippen LogP contribution in [0.1, 0.15) is 31.2 Å². The second kappa shape index (κ2) is 6.06. The summed E-state index contributed by atoms with van der Waals surface area (Å²) in [5, 5.41) is 0.966. The molecular weight excluding hydrogens is 222 g/mol. The quantitative estimate of drug-likeness (QED) is 0.486. The van der Waals surface area contributed by atoms with E-state index in [-0.39, 0.29) is 0 Å². The molecule has 1 rings (SSSR count). The van der Waals surface area contributed by atoms with Crippen molar-refractivity contribution in [1.29, 1.82) is 0 Å². The first kappa shape index (κ1) is 13.3. The van der Waals surface area contributed by atoms with E-state index in [0.717, 1.165) is 22.2 Å². The average molecular weight is 241 g/mol. The molecule has 0 fully saturated rings. The summed E-state index contributed by atoms with van der Waals surface area (Å²) < 4.78 is 5.02. The predicted molar refractivity (Wildman–Crippen MR) is 67.9 cm³/mol. The number of aromatic nitrogens is 2. The first-order valence-corrected chi connectivity index (χ1v) is 6.30.